The predicted molar refractivity (Wildman–Crippen MR) is 279 cm³/mol. The van der Waals surface area contributed by atoms with Crippen molar-refractivity contribution in [2.45, 2.75) is 245 Å². The zero-order valence-electron chi connectivity index (χ0n) is 42.2. The first-order valence-electron chi connectivity index (χ1n) is 26.7. The van der Waals surface area contributed by atoms with Crippen molar-refractivity contribution in [1.82, 2.24) is 0 Å². The van der Waals surface area contributed by atoms with Gasteiger partial charge in [-0.3, -0.25) is 14.4 Å². The number of hydrogen-bond donors (Lipinski definition) is 0. The van der Waals surface area contributed by atoms with Crippen LogP contribution in [-0.4, -0.2) is 37.2 Å². The standard InChI is InChI=1S/C59H98O6/c1-4-7-10-13-16-19-22-25-28-29-32-35-38-41-44-47-50-53-59(62)65-56(54-63-57(60)51-48-45-42-39-36-33-30-26-23-20-17-14-11-8-5-2)55-64-58(61)52-49-46-43-40-37-34-31-27-24-21-18-15-12-9-6-3/h8,11,16-17,19-20,25-28,30-32,35-36,39,56H,4-7,9-10,12-15,18,21-24,29,33-34,37-38,40-55H2,1-3H3/b11-8-,19-16-,20-17-,28-25-,30-26-,31-27-,35-32-,39-36-/t56-/m1/s1. The van der Waals surface area contributed by atoms with Crippen LogP contribution < -0.4 is 0 Å². The Hall–Kier alpha value is -3.67. The lowest BCUT2D eigenvalue weighted by atomic mass is 10.1. The van der Waals surface area contributed by atoms with E-state index in [2.05, 4.69) is 118 Å². The number of esters is 3. The van der Waals surface area contributed by atoms with Crippen molar-refractivity contribution < 1.29 is 28.6 Å². The molecule has 0 aliphatic heterocycles. The number of unbranched alkanes of at least 4 members (excludes halogenated alkanes) is 20. The van der Waals surface area contributed by atoms with Gasteiger partial charge in [0, 0.05) is 19.3 Å². The molecule has 0 N–H and O–H groups in total. The van der Waals surface area contributed by atoms with Gasteiger partial charge in [0.1, 0.15) is 13.2 Å². The summed E-state index contributed by atoms with van der Waals surface area (Å²) in [7, 11) is 0. The highest BCUT2D eigenvalue weighted by Gasteiger charge is 2.19. The zero-order valence-corrected chi connectivity index (χ0v) is 42.2. The van der Waals surface area contributed by atoms with Crippen molar-refractivity contribution in [3.63, 3.8) is 0 Å². The van der Waals surface area contributed by atoms with Crippen LogP contribution in [0, 0.1) is 0 Å². The minimum absolute atomic E-state index is 0.105. The Morgan fingerprint density at radius 2 is 0.600 bits per heavy atom. The largest absolute Gasteiger partial charge is 0.462 e. The molecule has 370 valence electrons. The fraction of sp³-hybridized carbons (Fsp3) is 0.678. The number of allylic oxidation sites excluding steroid dienone is 16. The second-order valence-electron chi connectivity index (χ2n) is 17.4. The topological polar surface area (TPSA) is 78.9 Å². The summed E-state index contributed by atoms with van der Waals surface area (Å²) < 4.78 is 16.8. The molecule has 0 radical (unpaired) electrons. The average molecular weight is 903 g/mol. The third kappa shape index (κ3) is 51.2. The molecule has 0 aliphatic carbocycles. The molecule has 6 heteroatoms. The summed E-state index contributed by atoms with van der Waals surface area (Å²) in [6, 6.07) is 0. The van der Waals surface area contributed by atoms with Crippen molar-refractivity contribution in [2.24, 2.45) is 0 Å². The molecule has 0 aromatic carbocycles. The SMILES string of the molecule is CC/C=C\C/C=C\C/C=C\C/C=C\CCCCC(=O)OC[C@H](COC(=O)CCCCCCC/C=C\CCCCCCCC)OC(=O)CCCCCC/C=C\C/C=C\C/C=C\CCCCC. The quantitative estimate of drug-likeness (QED) is 0.0262. The Labute approximate surface area is 400 Å². The Morgan fingerprint density at radius 1 is 0.323 bits per heavy atom. The third-order valence-electron chi connectivity index (χ3n) is 11.0. The molecule has 1 atom stereocenters. The van der Waals surface area contributed by atoms with E-state index in [1.165, 1.54) is 77.0 Å². The van der Waals surface area contributed by atoms with Gasteiger partial charge in [-0.05, 0) is 122 Å². The molecule has 0 saturated carbocycles. The van der Waals surface area contributed by atoms with Gasteiger partial charge < -0.3 is 14.2 Å². The number of hydrogen-bond acceptors (Lipinski definition) is 6. The molecule has 0 aromatic heterocycles. The highest BCUT2D eigenvalue weighted by Crippen LogP contribution is 2.13. The minimum atomic E-state index is -0.810. The van der Waals surface area contributed by atoms with Crippen molar-refractivity contribution in [3.8, 4) is 0 Å². The van der Waals surface area contributed by atoms with E-state index >= 15 is 0 Å². The summed E-state index contributed by atoms with van der Waals surface area (Å²) in [5, 5.41) is 0. The summed E-state index contributed by atoms with van der Waals surface area (Å²) in [5.41, 5.74) is 0. The Balaban J connectivity index is 4.52. The number of ether oxygens (including phenoxy) is 3. The van der Waals surface area contributed by atoms with Gasteiger partial charge in [-0.1, -0.05) is 195 Å². The Kier molecular flexibility index (Phi) is 50.0. The molecule has 0 rings (SSSR count). The summed E-state index contributed by atoms with van der Waals surface area (Å²) >= 11 is 0. The summed E-state index contributed by atoms with van der Waals surface area (Å²) in [6.45, 7) is 6.42. The molecule has 0 aromatic rings. The van der Waals surface area contributed by atoms with Crippen LogP contribution in [0.25, 0.3) is 0 Å². The van der Waals surface area contributed by atoms with Gasteiger partial charge in [-0.25, -0.2) is 0 Å². The summed E-state index contributed by atoms with van der Waals surface area (Å²) in [5.74, 6) is -0.979. The molecule has 65 heavy (non-hydrogen) atoms. The fourth-order valence-electron chi connectivity index (χ4n) is 7.02. The van der Waals surface area contributed by atoms with Gasteiger partial charge in [0.25, 0.3) is 0 Å². The van der Waals surface area contributed by atoms with E-state index in [-0.39, 0.29) is 37.5 Å². The van der Waals surface area contributed by atoms with E-state index in [0.717, 1.165) is 122 Å². The summed E-state index contributed by atoms with van der Waals surface area (Å²) in [4.78, 5) is 38.0. The monoisotopic (exact) mass is 903 g/mol. The first-order valence-corrected chi connectivity index (χ1v) is 26.7. The first kappa shape index (κ1) is 61.3. The molecule has 0 spiro atoms. The lowest BCUT2D eigenvalue weighted by Crippen LogP contribution is -2.30. The Bertz CT molecular complexity index is 1310. The van der Waals surface area contributed by atoms with Crippen molar-refractivity contribution in [1.29, 1.82) is 0 Å². The first-order chi connectivity index (χ1) is 32.0. The van der Waals surface area contributed by atoms with Crippen LogP contribution >= 0.6 is 0 Å². The lowest BCUT2D eigenvalue weighted by molar-refractivity contribution is -0.167. The average Bonchev–Trinajstić information content (AvgIpc) is 3.30. The smallest absolute Gasteiger partial charge is 0.306 e. The van der Waals surface area contributed by atoms with Gasteiger partial charge >= 0.3 is 17.9 Å². The van der Waals surface area contributed by atoms with Crippen molar-refractivity contribution in [3.05, 3.63) is 97.2 Å². The molecular formula is C59H98O6. The molecule has 0 saturated heterocycles. The molecule has 6 nitrogen and oxygen atoms in total. The molecule has 0 bridgehead atoms. The van der Waals surface area contributed by atoms with Crippen LogP contribution in [0.15, 0.2) is 97.2 Å². The van der Waals surface area contributed by atoms with Crippen LogP contribution in [0.1, 0.15) is 239 Å². The van der Waals surface area contributed by atoms with Gasteiger partial charge in [0.05, 0.1) is 0 Å². The van der Waals surface area contributed by atoms with E-state index in [0.29, 0.717) is 12.8 Å². The van der Waals surface area contributed by atoms with E-state index < -0.39 is 6.10 Å². The van der Waals surface area contributed by atoms with Gasteiger partial charge in [-0.2, -0.15) is 0 Å². The summed E-state index contributed by atoms with van der Waals surface area (Å²) in [6.07, 6.45) is 69.6. The Morgan fingerprint density at radius 3 is 1.02 bits per heavy atom. The molecule has 0 amide bonds. The lowest BCUT2D eigenvalue weighted by Gasteiger charge is -2.18. The van der Waals surface area contributed by atoms with Crippen LogP contribution in [0.5, 0.6) is 0 Å². The normalized spacial score (nSPS) is 12.8. The highest BCUT2D eigenvalue weighted by molar-refractivity contribution is 5.71. The minimum Gasteiger partial charge on any atom is -0.462 e. The molecule has 0 unspecified atom stereocenters. The van der Waals surface area contributed by atoms with Crippen LogP contribution in [-0.2, 0) is 28.6 Å². The van der Waals surface area contributed by atoms with Gasteiger partial charge in [0.2, 0.25) is 0 Å². The molecule has 0 heterocycles. The fourth-order valence-corrected chi connectivity index (χ4v) is 7.02. The van der Waals surface area contributed by atoms with E-state index in [9.17, 15) is 14.4 Å². The molecule has 0 fully saturated rings. The maximum absolute atomic E-state index is 12.8. The maximum atomic E-state index is 12.8. The number of carbonyl (C=O) groups excluding carboxylic acids is 3. The molecular weight excluding hydrogens is 805 g/mol. The van der Waals surface area contributed by atoms with Crippen LogP contribution in [0.2, 0.25) is 0 Å². The van der Waals surface area contributed by atoms with E-state index in [4.69, 9.17) is 14.2 Å². The van der Waals surface area contributed by atoms with Crippen LogP contribution in [0.3, 0.4) is 0 Å². The maximum Gasteiger partial charge on any atom is 0.306 e. The van der Waals surface area contributed by atoms with Crippen molar-refractivity contribution >= 4 is 17.9 Å². The second-order valence-corrected chi connectivity index (χ2v) is 17.4. The number of rotatable bonds is 47. The molecule has 0 aliphatic rings. The van der Waals surface area contributed by atoms with Crippen molar-refractivity contribution in [2.75, 3.05) is 13.2 Å². The third-order valence-corrected chi connectivity index (χ3v) is 11.0. The van der Waals surface area contributed by atoms with E-state index in [1.54, 1.807) is 0 Å². The second kappa shape index (κ2) is 52.9. The predicted octanol–water partition coefficient (Wildman–Crippen LogP) is 17.8. The van der Waals surface area contributed by atoms with Gasteiger partial charge in [0.15, 0.2) is 6.10 Å². The number of carbonyl (C=O) groups is 3. The highest BCUT2D eigenvalue weighted by atomic mass is 16.6. The zero-order chi connectivity index (χ0) is 47.2. The van der Waals surface area contributed by atoms with E-state index in [1.807, 2.05) is 0 Å². The van der Waals surface area contributed by atoms with Crippen LogP contribution in [0.4, 0.5) is 0 Å². The van der Waals surface area contributed by atoms with Gasteiger partial charge in [-0.15, -0.1) is 0 Å².